The number of fused-ring (bicyclic) bond motifs is 1. The Hall–Kier alpha value is -4.78. The molecular formula is C37H32FN3O3. The molecule has 4 fully saturated rings. The zero-order valence-electron chi connectivity index (χ0n) is 24.2. The molecule has 1 aromatic heterocycles. The molecule has 0 unspecified atom stereocenters. The summed E-state index contributed by atoms with van der Waals surface area (Å²) in [5.41, 5.74) is 5.67. The van der Waals surface area contributed by atoms with E-state index in [1.165, 1.54) is 12.1 Å². The number of aromatic nitrogens is 2. The van der Waals surface area contributed by atoms with Crippen LogP contribution in [-0.2, 0) is 11.3 Å². The molecule has 0 atom stereocenters. The number of amides is 1. The smallest absolute Gasteiger partial charge is 0.303 e. The van der Waals surface area contributed by atoms with Gasteiger partial charge in [-0.05, 0) is 95.0 Å². The van der Waals surface area contributed by atoms with Gasteiger partial charge in [0.2, 0.25) is 0 Å². The molecule has 4 aliphatic rings. The van der Waals surface area contributed by atoms with Crippen molar-refractivity contribution in [2.45, 2.75) is 50.6 Å². The number of nitrogens with one attached hydrogen (secondary N) is 1. The summed E-state index contributed by atoms with van der Waals surface area (Å²) in [6.45, 7) is 0.491. The molecule has 2 N–H and O–H groups in total. The van der Waals surface area contributed by atoms with E-state index in [0.717, 1.165) is 65.3 Å². The minimum atomic E-state index is -0.744. The number of hydrogen-bond acceptors (Lipinski definition) is 3. The van der Waals surface area contributed by atoms with Crippen molar-refractivity contribution in [1.29, 1.82) is 0 Å². The lowest BCUT2D eigenvalue weighted by atomic mass is 9.31. The molecule has 0 saturated heterocycles. The summed E-state index contributed by atoms with van der Waals surface area (Å²) >= 11 is 0. The fourth-order valence-electron chi connectivity index (χ4n) is 8.18. The first-order valence-corrected chi connectivity index (χ1v) is 15.2. The monoisotopic (exact) mass is 585 g/mol. The van der Waals surface area contributed by atoms with Crippen molar-refractivity contribution < 1.29 is 19.1 Å². The summed E-state index contributed by atoms with van der Waals surface area (Å²) < 4.78 is 16.1. The van der Waals surface area contributed by atoms with Crippen LogP contribution in [-0.4, -0.2) is 32.3 Å². The Morgan fingerprint density at radius 1 is 0.841 bits per heavy atom. The van der Waals surface area contributed by atoms with Crippen LogP contribution in [0.2, 0.25) is 0 Å². The van der Waals surface area contributed by atoms with Crippen LogP contribution in [0.5, 0.6) is 0 Å². The van der Waals surface area contributed by atoms with Crippen LogP contribution in [0.3, 0.4) is 0 Å². The molecule has 5 aromatic rings. The number of aliphatic carboxylic acids is 1. The maximum absolute atomic E-state index is 14.2. The van der Waals surface area contributed by atoms with E-state index in [4.69, 9.17) is 5.10 Å². The van der Waals surface area contributed by atoms with Gasteiger partial charge in [-0.3, -0.25) is 14.3 Å². The largest absolute Gasteiger partial charge is 0.481 e. The van der Waals surface area contributed by atoms with Gasteiger partial charge in [0.1, 0.15) is 5.82 Å². The van der Waals surface area contributed by atoms with Gasteiger partial charge in [0.25, 0.3) is 5.91 Å². The highest BCUT2D eigenvalue weighted by Crippen LogP contribution is 2.82. The van der Waals surface area contributed by atoms with Crippen LogP contribution in [0.1, 0.15) is 54.4 Å². The third-order valence-electron chi connectivity index (χ3n) is 10.3. The molecule has 0 radical (unpaired) electrons. The third kappa shape index (κ3) is 4.33. The van der Waals surface area contributed by atoms with Crippen molar-refractivity contribution in [2.75, 3.05) is 0 Å². The summed E-state index contributed by atoms with van der Waals surface area (Å²) in [6.07, 6.45) is 6.38. The first kappa shape index (κ1) is 26.8. The predicted molar refractivity (Wildman–Crippen MR) is 167 cm³/mol. The highest BCUT2D eigenvalue weighted by atomic mass is 19.1. The van der Waals surface area contributed by atoms with Crippen molar-refractivity contribution in [3.63, 3.8) is 0 Å². The molecule has 220 valence electrons. The topological polar surface area (TPSA) is 84.2 Å². The van der Waals surface area contributed by atoms with Crippen LogP contribution >= 0.6 is 0 Å². The summed E-state index contributed by atoms with van der Waals surface area (Å²) in [5, 5.41) is 18.3. The number of carbonyl (C=O) groups is 2. The number of carbonyl (C=O) groups excluding carboxylic acids is 1. The second-order valence-corrected chi connectivity index (χ2v) is 13.3. The lowest BCUT2D eigenvalue weighted by Gasteiger charge is -2.73. The standard InChI is InChI=1S/C37H32FN3O3/c38-30-8-4-7-27(16-30)28-15-29-19-39-41(20-24-9-11-26(12-10-24)25-5-2-1-3-6-25)33(29)31(17-28)34(44)40-37(13-14-37)36-21-35(22-36,23-36)18-32(42)43/h1-12,15-17,19H,13-14,18,20-23H2,(H,40,44)(H,42,43). The van der Waals surface area contributed by atoms with Crippen LogP contribution in [0.4, 0.5) is 4.39 Å². The molecule has 4 saturated carbocycles. The van der Waals surface area contributed by atoms with Crippen LogP contribution in [0.15, 0.2) is 97.2 Å². The summed E-state index contributed by atoms with van der Waals surface area (Å²) in [5.74, 6) is -1.24. The van der Waals surface area contributed by atoms with E-state index in [2.05, 4.69) is 41.7 Å². The first-order valence-electron chi connectivity index (χ1n) is 15.2. The Bertz CT molecular complexity index is 1920. The SMILES string of the molecule is O=C(O)CC12CC(C3(NC(=O)c4cc(-c5cccc(F)c5)cc5cnn(Cc6ccc(-c7ccccc7)cc6)c45)CC3)(C1)C2. The molecule has 4 aliphatic carbocycles. The first-order chi connectivity index (χ1) is 21.3. The second-order valence-electron chi connectivity index (χ2n) is 13.3. The Balaban J connectivity index is 1.13. The minimum absolute atomic E-state index is 0.00185. The van der Waals surface area contributed by atoms with Gasteiger partial charge in [-0.2, -0.15) is 5.10 Å². The van der Waals surface area contributed by atoms with Crippen LogP contribution < -0.4 is 5.32 Å². The second kappa shape index (κ2) is 9.61. The normalized spacial score (nSPS) is 22.6. The molecule has 6 nitrogen and oxygen atoms in total. The van der Waals surface area contributed by atoms with Crippen LogP contribution in [0.25, 0.3) is 33.2 Å². The number of carboxylic acids is 1. The van der Waals surface area contributed by atoms with Crippen molar-refractivity contribution in [1.82, 2.24) is 15.1 Å². The van der Waals surface area contributed by atoms with Crippen molar-refractivity contribution in [2.24, 2.45) is 10.8 Å². The summed E-state index contributed by atoms with van der Waals surface area (Å²) in [4.78, 5) is 25.6. The molecule has 7 heteroatoms. The highest BCUT2D eigenvalue weighted by Gasteiger charge is 2.78. The van der Waals surface area contributed by atoms with Gasteiger partial charge in [0.05, 0.1) is 30.2 Å². The number of hydrogen-bond donors (Lipinski definition) is 2. The molecule has 1 amide bonds. The number of rotatable bonds is 9. The molecule has 0 aliphatic heterocycles. The average Bonchev–Trinajstić information content (AvgIpc) is 3.65. The Morgan fingerprint density at radius 2 is 1.55 bits per heavy atom. The minimum Gasteiger partial charge on any atom is -0.481 e. The van der Waals surface area contributed by atoms with E-state index in [1.54, 1.807) is 12.3 Å². The van der Waals surface area contributed by atoms with Gasteiger partial charge in [0, 0.05) is 10.9 Å². The van der Waals surface area contributed by atoms with E-state index < -0.39 is 5.97 Å². The van der Waals surface area contributed by atoms with Gasteiger partial charge >= 0.3 is 5.97 Å². The van der Waals surface area contributed by atoms with Gasteiger partial charge in [-0.1, -0.05) is 66.7 Å². The van der Waals surface area contributed by atoms with Gasteiger partial charge < -0.3 is 10.4 Å². The zero-order valence-corrected chi connectivity index (χ0v) is 24.2. The molecule has 44 heavy (non-hydrogen) atoms. The van der Waals surface area contributed by atoms with E-state index in [0.29, 0.717) is 17.7 Å². The van der Waals surface area contributed by atoms with E-state index in [1.807, 2.05) is 41.1 Å². The molecule has 9 rings (SSSR count). The fraction of sp³-hybridized carbons (Fsp3) is 0.270. The van der Waals surface area contributed by atoms with Crippen molar-refractivity contribution >= 4 is 22.8 Å². The zero-order chi connectivity index (χ0) is 30.1. The lowest BCUT2D eigenvalue weighted by Crippen LogP contribution is -2.71. The van der Waals surface area contributed by atoms with E-state index in [-0.39, 0.29) is 34.5 Å². The number of halogens is 1. The molecule has 1 heterocycles. The molecular weight excluding hydrogens is 553 g/mol. The maximum atomic E-state index is 14.2. The average molecular weight is 586 g/mol. The van der Waals surface area contributed by atoms with Gasteiger partial charge in [-0.15, -0.1) is 0 Å². The Labute approximate surface area is 254 Å². The van der Waals surface area contributed by atoms with E-state index in [9.17, 15) is 19.1 Å². The lowest BCUT2D eigenvalue weighted by molar-refractivity contribution is -0.232. The van der Waals surface area contributed by atoms with Crippen molar-refractivity contribution in [3.8, 4) is 22.3 Å². The third-order valence-corrected chi connectivity index (χ3v) is 10.3. The number of benzene rings is 4. The number of carboxylic acid groups (broad SMARTS) is 1. The summed E-state index contributed by atoms with van der Waals surface area (Å²) in [6, 6.07) is 28.8. The fourth-order valence-corrected chi connectivity index (χ4v) is 8.18. The Morgan fingerprint density at radius 3 is 2.23 bits per heavy atom. The maximum Gasteiger partial charge on any atom is 0.303 e. The summed E-state index contributed by atoms with van der Waals surface area (Å²) in [7, 11) is 0. The molecule has 2 bridgehead atoms. The van der Waals surface area contributed by atoms with Crippen LogP contribution in [0, 0.1) is 16.6 Å². The Kier molecular flexibility index (Phi) is 5.86. The van der Waals surface area contributed by atoms with Gasteiger partial charge in [0.15, 0.2) is 0 Å². The highest BCUT2D eigenvalue weighted by molar-refractivity contribution is 6.08. The predicted octanol–water partition coefficient (Wildman–Crippen LogP) is 7.47. The quantitative estimate of drug-likeness (QED) is 0.188. The molecule has 0 spiro atoms. The van der Waals surface area contributed by atoms with Gasteiger partial charge in [-0.25, -0.2) is 4.39 Å². The number of nitrogens with zero attached hydrogens (tertiary/aromatic N) is 2. The molecule has 4 aromatic carbocycles. The van der Waals surface area contributed by atoms with E-state index >= 15 is 0 Å². The van der Waals surface area contributed by atoms with Crippen molar-refractivity contribution in [3.05, 3.63) is 114 Å².